The van der Waals surface area contributed by atoms with Gasteiger partial charge in [0.15, 0.2) is 15.7 Å². The molecule has 3 rings (SSSR count). The number of hydrogen-bond donors (Lipinski definition) is 2. The van der Waals surface area contributed by atoms with Crippen molar-refractivity contribution in [3.05, 3.63) is 6.20 Å². The van der Waals surface area contributed by atoms with Crippen LogP contribution in [0.25, 0.3) is 0 Å². The van der Waals surface area contributed by atoms with E-state index in [1.807, 2.05) is 0 Å². The fourth-order valence-electron chi connectivity index (χ4n) is 3.16. The average Bonchev–Trinajstić information content (AvgIpc) is 2.94. The van der Waals surface area contributed by atoms with Crippen LogP contribution in [0.5, 0.6) is 0 Å². The molecule has 26 heavy (non-hydrogen) atoms. The van der Waals surface area contributed by atoms with Gasteiger partial charge in [-0.25, -0.2) is 13.2 Å². The molecule has 10 nitrogen and oxygen atoms in total. The summed E-state index contributed by atoms with van der Waals surface area (Å²) in [5.41, 5.74) is 0. The fraction of sp³-hybridized carbons (Fsp3) is 0.733. The van der Waals surface area contributed by atoms with Crippen LogP contribution in [0.15, 0.2) is 6.20 Å². The van der Waals surface area contributed by atoms with Gasteiger partial charge in [0.1, 0.15) is 0 Å². The highest BCUT2D eigenvalue weighted by Gasteiger charge is 2.28. The van der Waals surface area contributed by atoms with E-state index in [-0.39, 0.29) is 29.7 Å². The van der Waals surface area contributed by atoms with E-state index in [1.54, 1.807) is 11.8 Å². The van der Waals surface area contributed by atoms with Crippen LogP contribution in [0.4, 0.5) is 16.6 Å². The van der Waals surface area contributed by atoms with Crippen molar-refractivity contribution in [1.29, 1.82) is 0 Å². The van der Waals surface area contributed by atoms with Gasteiger partial charge < -0.3 is 20.3 Å². The molecule has 1 aromatic rings. The number of sulfone groups is 1. The molecule has 1 atom stereocenters. The lowest BCUT2D eigenvalue weighted by Gasteiger charge is -2.31. The quantitative estimate of drug-likeness (QED) is 0.746. The zero-order valence-electron chi connectivity index (χ0n) is 14.7. The number of likely N-dealkylation sites (tertiary alicyclic amines) is 1. The van der Waals surface area contributed by atoms with Gasteiger partial charge in [0, 0.05) is 25.2 Å². The fourth-order valence-corrected chi connectivity index (χ4v) is 4.83. The molecule has 0 radical (unpaired) electrons. The first-order valence-electron chi connectivity index (χ1n) is 8.80. The van der Waals surface area contributed by atoms with E-state index in [0.29, 0.717) is 37.9 Å². The van der Waals surface area contributed by atoms with Crippen LogP contribution in [0.2, 0.25) is 0 Å². The zero-order chi connectivity index (χ0) is 18.6. The van der Waals surface area contributed by atoms with Gasteiger partial charge in [0.25, 0.3) is 0 Å². The topological polar surface area (TPSA) is 126 Å². The molecule has 2 saturated heterocycles. The van der Waals surface area contributed by atoms with Crippen molar-refractivity contribution >= 4 is 27.7 Å². The van der Waals surface area contributed by atoms with Gasteiger partial charge in [-0.05, 0) is 26.2 Å². The van der Waals surface area contributed by atoms with Crippen molar-refractivity contribution in [2.24, 2.45) is 0 Å². The van der Waals surface area contributed by atoms with Crippen LogP contribution >= 0.6 is 0 Å². The van der Waals surface area contributed by atoms with Crippen LogP contribution in [-0.4, -0.2) is 77.9 Å². The number of nitrogens with one attached hydrogen (secondary N) is 2. The summed E-state index contributed by atoms with van der Waals surface area (Å²) in [6.07, 6.45) is 3.38. The third-order valence-corrected chi connectivity index (χ3v) is 6.27. The van der Waals surface area contributed by atoms with E-state index in [2.05, 4.69) is 25.8 Å². The molecule has 0 aromatic carbocycles. The van der Waals surface area contributed by atoms with Crippen LogP contribution in [0, 0.1) is 0 Å². The summed E-state index contributed by atoms with van der Waals surface area (Å²) < 4.78 is 28.1. The minimum Gasteiger partial charge on any atom is -0.450 e. The van der Waals surface area contributed by atoms with E-state index in [4.69, 9.17) is 4.74 Å². The van der Waals surface area contributed by atoms with Crippen LogP contribution in [-0.2, 0) is 14.6 Å². The molecular weight excluding hydrogens is 360 g/mol. The molecule has 1 amide bonds. The van der Waals surface area contributed by atoms with E-state index in [9.17, 15) is 13.2 Å². The third kappa shape index (κ3) is 4.93. The molecule has 2 N–H and O–H groups in total. The summed E-state index contributed by atoms with van der Waals surface area (Å²) in [6, 6.07) is 0.00181. The molecule has 11 heteroatoms. The Balaban J connectivity index is 1.51. The SMILES string of the molecule is CCOC(=O)N1CCC(Nc2cnnc(NC3CCS(=O)(=O)C3)n2)CC1. The summed E-state index contributed by atoms with van der Waals surface area (Å²) in [4.78, 5) is 17.8. The summed E-state index contributed by atoms with van der Waals surface area (Å²) >= 11 is 0. The predicted molar refractivity (Wildman–Crippen MR) is 95.7 cm³/mol. The molecule has 0 aliphatic carbocycles. The standard InChI is InChI=1S/C15H24N6O4S/c1-2-25-15(22)21-6-3-11(4-7-21)17-13-9-16-20-14(19-13)18-12-5-8-26(23,24)10-12/h9,11-12H,2-8,10H2,1H3,(H2,17,18,19,20). The van der Waals surface area contributed by atoms with Crippen LogP contribution in [0.3, 0.4) is 0 Å². The maximum absolute atomic E-state index is 11.7. The number of rotatable bonds is 5. The number of aromatic nitrogens is 3. The van der Waals surface area contributed by atoms with Crippen molar-refractivity contribution < 1.29 is 17.9 Å². The molecule has 144 valence electrons. The summed E-state index contributed by atoms with van der Waals surface area (Å²) in [5, 5.41) is 14.2. The second kappa shape index (κ2) is 8.02. The Morgan fingerprint density at radius 2 is 2.04 bits per heavy atom. The second-order valence-corrected chi connectivity index (χ2v) is 8.74. The molecule has 2 fully saturated rings. The minimum absolute atomic E-state index is 0.0976. The Hall–Kier alpha value is -2.17. The highest BCUT2D eigenvalue weighted by atomic mass is 32.2. The second-order valence-electron chi connectivity index (χ2n) is 6.51. The van der Waals surface area contributed by atoms with E-state index < -0.39 is 9.84 Å². The van der Waals surface area contributed by atoms with E-state index >= 15 is 0 Å². The molecule has 0 saturated carbocycles. The van der Waals surface area contributed by atoms with Crippen molar-refractivity contribution in [3.63, 3.8) is 0 Å². The Labute approximate surface area is 152 Å². The molecule has 0 bridgehead atoms. The molecular formula is C15H24N6O4S. The Kier molecular flexibility index (Phi) is 5.74. The lowest BCUT2D eigenvalue weighted by atomic mass is 10.1. The van der Waals surface area contributed by atoms with Crippen molar-refractivity contribution in [1.82, 2.24) is 20.1 Å². The minimum atomic E-state index is -2.96. The largest absolute Gasteiger partial charge is 0.450 e. The van der Waals surface area contributed by atoms with Crippen LogP contribution < -0.4 is 10.6 Å². The van der Waals surface area contributed by atoms with Crippen molar-refractivity contribution in [2.45, 2.75) is 38.3 Å². The molecule has 2 aliphatic heterocycles. The molecule has 1 unspecified atom stereocenters. The average molecular weight is 384 g/mol. The van der Waals surface area contributed by atoms with Gasteiger partial charge in [-0.15, -0.1) is 5.10 Å². The van der Waals surface area contributed by atoms with Gasteiger partial charge in [0.05, 0.1) is 24.3 Å². The Bertz CT molecular complexity index is 735. The predicted octanol–water partition coefficient (Wildman–Crippen LogP) is 0.503. The number of ether oxygens (including phenoxy) is 1. The normalized spacial score (nSPS) is 22.8. The number of nitrogens with zero attached hydrogens (tertiary/aromatic N) is 4. The molecule has 0 spiro atoms. The van der Waals surface area contributed by atoms with Crippen molar-refractivity contribution in [2.75, 3.05) is 41.8 Å². The van der Waals surface area contributed by atoms with Crippen LogP contribution in [0.1, 0.15) is 26.2 Å². The van der Waals surface area contributed by atoms with Gasteiger partial charge in [-0.3, -0.25) is 0 Å². The first-order valence-corrected chi connectivity index (χ1v) is 10.6. The molecule has 3 heterocycles. The van der Waals surface area contributed by atoms with Gasteiger partial charge in [-0.2, -0.15) is 10.1 Å². The number of amides is 1. The molecule has 2 aliphatic rings. The zero-order valence-corrected chi connectivity index (χ0v) is 15.5. The van der Waals surface area contributed by atoms with E-state index in [1.165, 1.54) is 6.20 Å². The lowest BCUT2D eigenvalue weighted by Crippen LogP contribution is -2.42. The monoisotopic (exact) mass is 384 g/mol. The molecule has 1 aromatic heterocycles. The van der Waals surface area contributed by atoms with Gasteiger partial charge in [-0.1, -0.05) is 0 Å². The highest BCUT2D eigenvalue weighted by Crippen LogP contribution is 2.18. The number of hydrogen-bond acceptors (Lipinski definition) is 9. The van der Waals surface area contributed by atoms with Crippen molar-refractivity contribution in [3.8, 4) is 0 Å². The maximum atomic E-state index is 11.7. The number of carbonyl (C=O) groups excluding carboxylic acids is 1. The Morgan fingerprint density at radius 3 is 2.69 bits per heavy atom. The number of piperidine rings is 1. The highest BCUT2D eigenvalue weighted by molar-refractivity contribution is 7.91. The Morgan fingerprint density at radius 1 is 1.27 bits per heavy atom. The van der Waals surface area contributed by atoms with Gasteiger partial charge >= 0.3 is 6.09 Å². The van der Waals surface area contributed by atoms with Gasteiger partial charge in [0.2, 0.25) is 5.95 Å². The smallest absolute Gasteiger partial charge is 0.409 e. The lowest BCUT2D eigenvalue weighted by molar-refractivity contribution is 0.0983. The summed E-state index contributed by atoms with van der Waals surface area (Å²) in [7, 11) is -2.96. The first kappa shape index (κ1) is 18.6. The number of carbonyl (C=O) groups is 1. The maximum Gasteiger partial charge on any atom is 0.409 e. The number of anilines is 2. The summed E-state index contributed by atoms with van der Waals surface area (Å²) in [5.74, 6) is 1.19. The van der Waals surface area contributed by atoms with E-state index in [0.717, 1.165) is 12.8 Å². The summed E-state index contributed by atoms with van der Waals surface area (Å²) in [6.45, 7) is 3.42. The third-order valence-electron chi connectivity index (χ3n) is 4.50. The first-order chi connectivity index (χ1) is 12.4.